The van der Waals surface area contributed by atoms with Gasteiger partial charge in [-0.1, -0.05) is 42.5 Å². The second-order valence-electron chi connectivity index (χ2n) is 7.48. The van der Waals surface area contributed by atoms with Gasteiger partial charge in [-0.2, -0.15) is 0 Å². The van der Waals surface area contributed by atoms with Crippen LogP contribution in [0, 0.1) is 23.7 Å². The smallest absolute Gasteiger partial charge is 0.245 e. The molecular weight excluding hydrogens is 316 g/mol. The van der Waals surface area contributed by atoms with Crippen LogP contribution in [-0.2, 0) is 20.8 Å². The van der Waals surface area contributed by atoms with Crippen molar-refractivity contribution in [2.75, 3.05) is 14.1 Å². The molecule has 2 bridgehead atoms. The lowest BCUT2D eigenvalue weighted by molar-refractivity contribution is -0.151. The van der Waals surface area contributed by atoms with E-state index in [2.05, 4.69) is 12.2 Å². The van der Waals surface area contributed by atoms with Crippen LogP contribution in [0.1, 0.15) is 12.0 Å². The van der Waals surface area contributed by atoms with Crippen LogP contribution in [0.4, 0.5) is 0 Å². The summed E-state index contributed by atoms with van der Waals surface area (Å²) in [4.78, 5) is 41.6. The number of fused-ring (bicyclic) bond motifs is 5. The fraction of sp³-hybridized carbons (Fsp3) is 0.450. The van der Waals surface area contributed by atoms with Gasteiger partial charge in [0.25, 0.3) is 0 Å². The summed E-state index contributed by atoms with van der Waals surface area (Å²) < 4.78 is 0. The van der Waals surface area contributed by atoms with Gasteiger partial charge in [-0.25, -0.2) is 0 Å². The third kappa shape index (κ3) is 2.41. The Labute approximate surface area is 147 Å². The molecule has 3 amide bonds. The number of imide groups is 1. The van der Waals surface area contributed by atoms with Crippen LogP contribution in [-0.4, -0.2) is 47.7 Å². The van der Waals surface area contributed by atoms with Crippen molar-refractivity contribution in [2.45, 2.75) is 18.9 Å². The molecule has 0 N–H and O–H groups in total. The lowest BCUT2D eigenvalue weighted by atomic mass is 9.85. The molecule has 4 rings (SSSR count). The van der Waals surface area contributed by atoms with E-state index in [1.165, 1.54) is 9.80 Å². The first-order valence-electron chi connectivity index (χ1n) is 8.79. The Kier molecular flexibility index (Phi) is 3.74. The molecule has 0 spiro atoms. The van der Waals surface area contributed by atoms with Crippen molar-refractivity contribution in [1.29, 1.82) is 0 Å². The molecule has 0 aromatic heterocycles. The standard InChI is InChI=1S/C20H22N2O3/c1-21(2)18(23)15(10-12-6-4-3-5-7-12)22-19(24)16-13-8-9-14(11-13)17(16)20(22)25/h3-9,13-17H,10-11H2,1-2H3. The quantitative estimate of drug-likeness (QED) is 0.617. The fourth-order valence-electron chi connectivity index (χ4n) is 4.66. The Bertz CT molecular complexity index is 725. The molecule has 1 saturated heterocycles. The van der Waals surface area contributed by atoms with E-state index in [0.29, 0.717) is 6.42 Å². The largest absolute Gasteiger partial charge is 0.347 e. The van der Waals surface area contributed by atoms with Gasteiger partial charge in [0.15, 0.2) is 0 Å². The number of carbonyl (C=O) groups is 3. The zero-order valence-corrected chi connectivity index (χ0v) is 14.5. The zero-order chi connectivity index (χ0) is 17.7. The first-order chi connectivity index (χ1) is 12.0. The topological polar surface area (TPSA) is 57.7 Å². The maximum absolute atomic E-state index is 13.0. The highest BCUT2D eigenvalue weighted by atomic mass is 16.2. The van der Waals surface area contributed by atoms with E-state index in [1.54, 1.807) is 14.1 Å². The van der Waals surface area contributed by atoms with Gasteiger partial charge in [-0.15, -0.1) is 0 Å². The fourth-order valence-corrected chi connectivity index (χ4v) is 4.66. The van der Waals surface area contributed by atoms with Crippen molar-refractivity contribution < 1.29 is 14.4 Å². The molecule has 25 heavy (non-hydrogen) atoms. The SMILES string of the molecule is CN(C)C(=O)C(Cc1ccccc1)N1C(=O)C2C3C=CC(C3)C2C1=O. The normalized spacial score (nSPS) is 30.7. The maximum atomic E-state index is 13.0. The van der Waals surface area contributed by atoms with Gasteiger partial charge in [-0.05, 0) is 23.8 Å². The molecule has 1 aromatic rings. The van der Waals surface area contributed by atoms with Crippen LogP contribution in [0.25, 0.3) is 0 Å². The molecule has 2 fully saturated rings. The van der Waals surface area contributed by atoms with Gasteiger partial charge >= 0.3 is 0 Å². The number of carbonyl (C=O) groups excluding carboxylic acids is 3. The highest BCUT2D eigenvalue weighted by Gasteiger charge is 2.61. The minimum absolute atomic E-state index is 0.156. The van der Waals surface area contributed by atoms with Gasteiger partial charge < -0.3 is 4.90 Å². The Morgan fingerprint density at radius 2 is 1.64 bits per heavy atom. The third-order valence-corrected chi connectivity index (χ3v) is 5.81. The minimum atomic E-state index is -0.762. The van der Waals surface area contributed by atoms with E-state index >= 15 is 0 Å². The number of allylic oxidation sites excluding steroid dienone is 2. The summed E-state index contributed by atoms with van der Waals surface area (Å²) >= 11 is 0. The number of amides is 3. The third-order valence-electron chi connectivity index (χ3n) is 5.81. The van der Waals surface area contributed by atoms with E-state index in [4.69, 9.17) is 0 Å². The van der Waals surface area contributed by atoms with E-state index in [1.807, 2.05) is 30.3 Å². The van der Waals surface area contributed by atoms with Crippen LogP contribution >= 0.6 is 0 Å². The molecule has 5 unspecified atom stereocenters. The molecule has 2 aliphatic carbocycles. The average molecular weight is 338 g/mol. The van der Waals surface area contributed by atoms with Crippen molar-refractivity contribution in [3.05, 3.63) is 48.0 Å². The second-order valence-corrected chi connectivity index (χ2v) is 7.48. The van der Waals surface area contributed by atoms with Gasteiger partial charge in [0, 0.05) is 20.5 Å². The number of likely N-dealkylation sites (tertiary alicyclic amines) is 1. The Balaban J connectivity index is 1.67. The van der Waals surface area contributed by atoms with Gasteiger partial charge in [-0.3, -0.25) is 19.3 Å². The molecule has 5 nitrogen and oxygen atoms in total. The lowest BCUT2D eigenvalue weighted by Gasteiger charge is -2.29. The minimum Gasteiger partial charge on any atom is -0.347 e. The Hall–Kier alpha value is -2.43. The molecule has 1 aliphatic heterocycles. The Morgan fingerprint density at radius 1 is 1.08 bits per heavy atom. The highest BCUT2D eigenvalue weighted by Crippen LogP contribution is 2.53. The molecule has 1 heterocycles. The van der Waals surface area contributed by atoms with E-state index < -0.39 is 6.04 Å². The van der Waals surface area contributed by atoms with Crippen LogP contribution in [0.3, 0.4) is 0 Å². The highest BCUT2D eigenvalue weighted by molar-refractivity contribution is 6.09. The van der Waals surface area contributed by atoms with Gasteiger partial charge in [0.1, 0.15) is 6.04 Å². The van der Waals surface area contributed by atoms with Crippen molar-refractivity contribution in [2.24, 2.45) is 23.7 Å². The first-order valence-corrected chi connectivity index (χ1v) is 8.79. The number of rotatable bonds is 4. The maximum Gasteiger partial charge on any atom is 0.245 e. The van der Waals surface area contributed by atoms with Gasteiger partial charge in [0.05, 0.1) is 11.8 Å². The van der Waals surface area contributed by atoms with Crippen molar-refractivity contribution >= 4 is 17.7 Å². The van der Waals surface area contributed by atoms with Crippen LogP contribution in [0.2, 0.25) is 0 Å². The van der Waals surface area contributed by atoms with Crippen LogP contribution in [0.15, 0.2) is 42.5 Å². The predicted molar refractivity (Wildman–Crippen MR) is 92.2 cm³/mol. The summed E-state index contributed by atoms with van der Waals surface area (Å²) in [5.74, 6) is -0.755. The van der Waals surface area contributed by atoms with E-state index in [-0.39, 0.29) is 41.4 Å². The van der Waals surface area contributed by atoms with E-state index in [0.717, 1.165) is 12.0 Å². The molecule has 130 valence electrons. The summed E-state index contributed by atoms with van der Waals surface area (Å²) in [6.07, 6.45) is 5.39. The lowest BCUT2D eigenvalue weighted by Crippen LogP contribution is -2.51. The molecule has 1 saturated carbocycles. The number of hydrogen-bond acceptors (Lipinski definition) is 3. The molecule has 1 aromatic carbocycles. The molecule has 3 aliphatic rings. The number of likely N-dealkylation sites (N-methyl/N-ethyl adjacent to an activating group) is 1. The number of hydrogen-bond donors (Lipinski definition) is 0. The number of nitrogens with zero attached hydrogens (tertiary/aromatic N) is 2. The average Bonchev–Trinajstić information content (AvgIpc) is 3.28. The molecular formula is C20H22N2O3. The molecule has 5 heteroatoms. The van der Waals surface area contributed by atoms with Crippen LogP contribution < -0.4 is 0 Å². The van der Waals surface area contributed by atoms with Crippen molar-refractivity contribution in [1.82, 2.24) is 9.80 Å². The summed E-state index contributed by atoms with van der Waals surface area (Å²) in [5.41, 5.74) is 0.946. The van der Waals surface area contributed by atoms with Gasteiger partial charge in [0.2, 0.25) is 17.7 Å². The summed E-state index contributed by atoms with van der Waals surface area (Å²) in [5, 5.41) is 0. The summed E-state index contributed by atoms with van der Waals surface area (Å²) in [7, 11) is 3.33. The van der Waals surface area contributed by atoms with Crippen molar-refractivity contribution in [3.8, 4) is 0 Å². The first kappa shape index (κ1) is 16.1. The molecule has 0 radical (unpaired) electrons. The summed E-state index contributed by atoms with van der Waals surface area (Å²) in [6, 6.07) is 8.80. The summed E-state index contributed by atoms with van der Waals surface area (Å²) in [6.45, 7) is 0. The molecule has 5 atom stereocenters. The zero-order valence-electron chi connectivity index (χ0n) is 14.5. The number of benzene rings is 1. The monoisotopic (exact) mass is 338 g/mol. The van der Waals surface area contributed by atoms with E-state index in [9.17, 15) is 14.4 Å². The van der Waals surface area contributed by atoms with Crippen LogP contribution in [0.5, 0.6) is 0 Å². The Morgan fingerprint density at radius 3 is 2.16 bits per heavy atom. The second kappa shape index (κ2) is 5.83. The van der Waals surface area contributed by atoms with Crippen molar-refractivity contribution in [3.63, 3.8) is 0 Å². The predicted octanol–water partition coefficient (Wildman–Crippen LogP) is 1.49.